The number of para-hydroxylation sites is 1. The quantitative estimate of drug-likeness (QED) is 0.288. The molecule has 3 rings (SSSR count). The summed E-state index contributed by atoms with van der Waals surface area (Å²) < 4.78 is 28.4. The molecule has 0 spiro atoms. The summed E-state index contributed by atoms with van der Waals surface area (Å²) in [6.07, 6.45) is 1.72. The second-order valence-electron chi connectivity index (χ2n) is 8.77. The topological polar surface area (TPSA) is 86.8 Å². The number of halogens is 2. The molecule has 3 aromatic rings. The van der Waals surface area contributed by atoms with E-state index in [1.807, 2.05) is 6.92 Å². The minimum Gasteiger partial charge on any atom is -0.354 e. The highest BCUT2D eigenvalue weighted by Gasteiger charge is 2.32. The van der Waals surface area contributed by atoms with E-state index in [1.165, 1.54) is 29.2 Å². The molecule has 0 radical (unpaired) electrons. The molecular formula is C28H31Cl2N3O4S. The third kappa shape index (κ3) is 7.72. The third-order valence-corrected chi connectivity index (χ3v) is 8.28. The van der Waals surface area contributed by atoms with Crippen LogP contribution in [-0.2, 0) is 26.2 Å². The van der Waals surface area contributed by atoms with Gasteiger partial charge in [-0.3, -0.25) is 13.9 Å². The molecule has 0 saturated heterocycles. The fourth-order valence-electron chi connectivity index (χ4n) is 3.76. The van der Waals surface area contributed by atoms with Crippen LogP contribution in [0.3, 0.4) is 0 Å². The molecule has 0 saturated carbocycles. The molecule has 10 heteroatoms. The van der Waals surface area contributed by atoms with Gasteiger partial charge in [0.1, 0.15) is 12.6 Å². The lowest BCUT2D eigenvalue weighted by molar-refractivity contribution is -0.139. The van der Waals surface area contributed by atoms with Crippen LogP contribution in [0.25, 0.3) is 0 Å². The van der Waals surface area contributed by atoms with Crippen LogP contribution >= 0.6 is 23.2 Å². The van der Waals surface area contributed by atoms with Crippen LogP contribution in [0, 0.1) is 0 Å². The first-order valence-electron chi connectivity index (χ1n) is 12.3. The maximum absolute atomic E-state index is 13.8. The minimum atomic E-state index is -4.13. The highest BCUT2D eigenvalue weighted by molar-refractivity contribution is 7.92. The molecule has 0 aliphatic heterocycles. The van der Waals surface area contributed by atoms with Gasteiger partial charge in [0.05, 0.1) is 10.6 Å². The second-order valence-corrected chi connectivity index (χ2v) is 11.5. The smallest absolute Gasteiger partial charge is 0.264 e. The fourth-order valence-corrected chi connectivity index (χ4v) is 5.43. The van der Waals surface area contributed by atoms with Crippen molar-refractivity contribution in [2.45, 2.75) is 44.2 Å². The normalized spacial score (nSPS) is 12.0. The second kappa shape index (κ2) is 13.6. The molecule has 7 nitrogen and oxygen atoms in total. The van der Waals surface area contributed by atoms with E-state index >= 15 is 0 Å². The van der Waals surface area contributed by atoms with Gasteiger partial charge < -0.3 is 10.2 Å². The summed E-state index contributed by atoms with van der Waals surface area (Å²) in [5.74, 6) is -0.841. The van der Waals surface area contributed by atoms with Gasteiger partial charge in [0, 0.05) is 23.1 Å². The monoisotopic (exact) mass is 575 g/mol. The van der Waals surface area contributed by atoms with Crippen molar-refractivity contribution < 1.29 is 18.0 Å². The molecule has 0 fully saturated rings. The summed E-state index contributed by atoms with van der Waals surface area (Å²) in [6.45, 7) is 3.74. The first kappa shape index (κ1) is 29.5. The van der Waals surface area contributed by atoms with Crippen molar-refractivity contribution in [2.75, 3.05) is 17.4 Å². The molecule has 0 aliphatic rings. The minimum absolute atomic E-state index is 0.00633. The summed E-state index contributed by atoms with van der Waals surface area (Å²) in [5.41, 5.74) is 1.07. The molecule has 2 amide bonds. The number of nitrogens with one attached hydrogen (secondary N) is 1. The Morgan fingerprint density at radius 3 is 2.05 bits per heavy atom. The van der Waals surface area contributed by atoms with Gasteiger partial charge >= 0.3 is 0 Å². The van der Waals surface area contributed by atoms with Gasteiger partial charge in [-0.15, -0.1) is 0 Å². The van der Waals surface area contributed by atoms with Crippen molar-refractivity contribution in [1.29, 1.82) is 0 Å². The largest absolute Gasteiger partial charge is 0.354 e. The maximum atomic E-state index is 13.8. The van der Waals surface area contributed by atoms with Crippen LogP contribution in [0.5, 0.6) is 0 Å². The maximum Gasteiger partial charge on any atom is 0.264 e. The van der Waals surface area contributed by atoms with Crippen LogP contribution in [0.15, 0.2) is 83.8 Å². The van der Waals surface area contributed by atoms with Crippen LogP contribution in [0.4, 0.5) is 5.69 Å². The number of benzene rings is 3. The Morgan fingerprint density at radius 1 is 0.895 bits per heavy atom. The summed E-state index contributed by atoms with van der Waals surface area (Å²) in [6, 6.07) is 20.2. The summed E-state index contributed by atoms with van der Waals surface area (Å²) in [7, 11) is -4.13. The zero-order valence-corrected chi connectivity index (χ0v) is 23.6. The Kier molecular flexibility index (Phi) is 10.6. The van der Waals surface area contributed by atoms with Gasteiger partial charge in [-0.25, -0.2) is 8.42 Å². The molecule has 0 aliphatic carbocycles. The van der Waals surface area contributed by atoms with Gasteiger partial charge in [0.15, 0.2) is 0 Å². The highest BCUT2D eigenvalue weighted by atomic mass is 35.5. The number of carbonyl (C=O) groups is 2. The molecule has 1 N–H and O–H groups in total. The van der Waals surface area contributed by atoms with E-state index in [9.17, 15) is 18.0 Å². The predicted octanol–water partition coefficient (Wildman–Crippen LogP) is 5.52. The number of carbonyl (C=O) groups excluding carboxylic acids is 2. The summed E-state index contributed by atoms with van der Waals surface area (Å²) in [5, 5.41) is 3.80. The van der Waals surface area contributed by atoms with Crippen LogP contribution < -0.4 is 9.62 Å². The zero-order valence-electron chi connectivity index (χ0n) is 21.3. The molecule has 1 atom stereocenters. The molecule has 3 aromatic carbocycles. The number of nitrogens with zero attached hydrogens (tertiary/aromatic N) is 2. The molecule has 1 unspecified atom stereocenters. The van der Waals surface area contributed by atoms with E-state index in [2.05, 4.69) is 5.32 Å². The van der Waals surface area contributed by atoms with E-state index in [-0.39, 0.29) is 17.3 Å². The van der Waals surface area contributed by atoms with Crippen molar-refractivity contribution in [3.8, 4) is 0 Å². The van der Waals surface area contributed by atoms with Gasteiger partial charge in [-0.1, -0.05) is 66.9 Å². The summed E-state index contributed by atoms with van der Waals surface area (Å²) >= 11 is 12.0. The van der Waals surface area contributed by atoms with Crippen LogP contribution in [-0.4, -0.2) is 44.3 Å². The Bertz CT molecular complexity index is 1320. The molecule has 0 aromatic heterocycles. The third-order valence-electron chi connectivity index (χ3n) is 5.99. The van der Waals surface area contributed by atoms with Crippen molar-refractivity contribution in [3.05, 3.63) is 94.5 Å². The number of amides is 2. The van der Waals surface area contributed by atoms with Crippen molar-refractivity contribution in [2.24, 2.45) is 0 Å². The molecule has 38 heavy (non-hydrogen) atoms. The summed E-state index contributed by atoms with van der Waals surface area (Å²) in [4.78, 5) is 28.1. The standard InChI is InChI=1S/C28H31Cl2N3O4S/c1-3-4-18-31-28(35)21(2)32(19-22-10-12-23(29)13-11-22)27(34)20-33(25-8-6-5-7-9-25)38(36,37)26-16-14-24(30)15-17-26/h5-17,21H,3-4,18-20H2,1-2H3,(H,31,35). The highest BCUT2D eigenvalue weighted by Crippen LogP contribution is 2.25. The molecule has 0 heterocycles. The SMILES string of the molecule is CCCCNC(=O)C(C)N(Cc1ccc(Cl)cc1)C(=O)CN(c1ccccc1)S(=O)(=O)c1ccc(Cl)cc1. The Morgan fingerprint density at radius 2 is 1.47 bits per heavy atom. The van der Waals surface area contributed by atoms with E-state index in [0.29, 0.717) is 22.3 Å². The number of hydrogen-bond acceptors (Lipinski definition) is 4. The van der Waals surface area contributed by atoms with E-state index in [0.717, 1.165) is 22.7 Å². The van der Waals surface area contributed by atoms with Crippen LogP contribution in [0.1, 0.15) is 32.3 Å². The van der Waals surface area contributed by atoms with Crippen LogP contribution in [0.2, 0.25) is 10.0 Å². The lowest BCUT2D eigenvalue weighted by Crippen LogP contribution is -2.51. The molecular weight excluding hydrogens is 545 g/mol. The number of sulfonamides is 1. The van der Waals surface area contributed by atoms with E-state index in [4.69, 9.17) is 23.2 Å². The number of unbranched alkanes of at least 4 members (excludes halogenated alkanes) is 1. The lowest BCUT2D eigenvalue weighted by atomic mass is 10.1. The molecule has 202 valence electrons. The van der Waals surface area contributed by atoms with Gasteiger partial charge in [0.2, 0.25) is 11.8 Å². The lowest BCUT2D eigenvalue weighted by Gasteiger charge is -2.32. The molecule has 0 bridgehead atoms. The Hall–Kier alpha value is -3.07. The van der Waals surface area contributed by atoms with E-state index < -0.39 is 28.5 Å². The van der Waals surface area contributed by atoms with E-state index in [1.54, 1.807) is 61.5 Å². The van der Waals surface area contributed by atoms with Crippen molar-refractivity contribution in [3.63, 3.8) is 0 Å². The van der Waals surface area contributed by atoms with Crippen molar-refractivity contribution in [1.82, 2.24) is 10.2 Å². The zero-order chi connectivity index (χ0) is 27.7. The number of hydrogen-bond donors (Lipinski definition) is 1. The first-order chi connectivity index (χ1) is 18.1. The Labute approximate surface area is 234 Å². The fraction of sp³-hybridized carbons (Fsp3) is 0.286. The average molecular weight is 577 g/mol. The van der Waals surface area contributed by atoms with Gasteiger partial charge in [-0.2, -0.15) is 0 Å². The average Bonchev–Trinajstić information content (AvgIpc) is 2.91. The Balaban J connectivity index is 1.96. The first-order valence-corrected chi connectivity index (χ1v) is 14.5. The number of anilines is 1. The predicted molar refractivity (Wildman–Crippen MR) is 152 cm³/mol. The van der Waals surface area contributed by atoms with Crippen molar-refractivity contribution >= 4 is 50.7 Å². The van der Waals surface area contributed by atoms with Gasteiger partial charge in [0.25, 0.3) is 10.0 Å². The number of rotatable bonds is 12. The van der Waals surface area contributed by atoms with Gasteiger partial charge in [-0.05, 0) is 67.4 Å².